The van der Waals surface area contributed by atoms with Crippen LogP contribution in [-0.2, 0) is 14.3 Å². The van der Waals surface area contributed by atoms with Gasteiger partial charge in [0, 0.05) is 32.2 Å². The third kappa shape index (κ3) is 4.59. The summed E-state index contributed by atoms with van der Waals surface area (Å²) < 4.78 is 11.1. The highest BCUT2D eigenvalue weighted by Crippen LogP contribution is 2.29. The SMILES string of the molecule is COc1ccccc1N1CCN(C(=O)C[C@@H]2CN(C(C)C)CCO2)CC1=O. The summed E-state index contributed by atoms with van der Waals surface area (Å²) in [5.74, 6) is 0.557. The zero-order valence-corrected chi connectivity index (χ0v) is 16.4. The summed E-state index contributed by atoms with van der Waals surface area (Å²) in [7, 11) is 1.59. The van der Waals surface area contributed by atoms with Gasteiger partial charge in [-0.25, -0.2) is 0 Å². The monoisotopic (exact) mass is 375 g/mol. The molecule has 148 valence electrons. The van der Waals surface area contributed by atoms with Crippen molar-refractivity contribution in [1.29, 1.82) is 0 Å². The van der Waals surface area contributed by atoms with E-state index in [-0.39, 0.29) is 24.5 Å². The minimum Gasteiger partial charge on any atom is -0.495 e. The van der Waals surface area contributed by atoms with E-state index in [2.05, 4.69) is 18.7 Å². The number of hydrogen-bond acceptors (Lipinski definition) is 5. The van der Waals surface area contributed by atoms with Crippen LogP contribution in [0.3, 0.4) is 0 Å². The normalized spacial score (nSPS) is 21.6. The van der Waals surface area contributed by atoms with Gasteiger partial charge in [0.1, 0.15) is 12.3 Å². The minimum absolute atomic E-state index is 0.0152. The Morgan fingerprint density at radius 3 is 2.74 bits per heavy atom. The standard InChI is InChI=1S/C20H29N3O4/c1-15(2)21-10-11-27-16(13-21)12-19(24)22-8-9-23(20(25)14-22)17-6-4-5-7-18(17)26-3/h4-7,15-16H,8-14H2,1-3H3/t16-/m1/s1. The molecule has 1 aromatic carbocycles. The lowest BCUT2D eigenvalue weighted by Crippen LogP contribution is -2.54. The predicted molar refractivity (Wildman–Crippen MR) is 103 cm³/mol. The molecule has 27 heavy (non-hydrogen) atoms. The molecule has 7 nitrogen and oxygen atoms in total. The van der Waals surface area contributed by atoms with E-state index in [1.54, 1.807) is 16.9 Å². The Kier molecular flexibility index (Phi) is 6.34. The number of rotatable bonds is 5. The summed E-state index contributed by atoms with van der Waals surface area (Å²) in [6, 6.07) is 7.89. The van der Waals surface area contributed by atoms with Gasteiger partial charge in [0.2, 0.25) is 11.8 Å². The van der Waals surface area contributed by atoms with Gasteiger partial charge in [-0.1, -0.05) is 12.1 Å². The van der Waals surface area contributed by atoms with Crippen LogP contribution in [0.2, 0.25) is 0 Å². The molecule has 2 fully saturated rings. The summed E-state index contributed by atoms with van der Waals surface area (Å²) in [5, 5.41) is 0. The van der Waals surface area contributed by atoms with Crippen LogP contribution in [0.4, 0.5) is 5.69 Å². The van der Waals surface area contributed by atoms with E-state index in [0.29, 0.717) is 37.9 Å². The van der Waals surface area contributed by atoms with Crippen molar-refractivity contribution in [2.24, 2.45) is 0 Å². The van der Waals surface area contributed by atoms with E-state index < -0.39 is 0 Å². The molecule has 0 aliphatic carbocycles. The fraction of sp³-hybridized carbons (Fsp3) is 0.600. The van der Waals surface area contributed by atoms with Crippen LogP contribution in [0.5, 0.6) is 5.75 Å². The molecule has 7 heteroatoms. The second-order valence-corrected chi connectivity index (χ2v) is 7.32. The molecule has 0 radical (unpaired) electrons. The van der Waals surface area contributed by atoms with E-state index in [9.17, 15) is 9.59 Å². The Morgan fingerprint density at radius 2 is 2.04 bits per heavy atom. The lowest BCUT2D eigenvalue weighted by Gasteiger charge is -2.38. The average molecular weight is 375 g/mol. The summed E-state index contributed by atoms with van der Waals surface area (Å²) in [4.78, 5) is 31.0. The van der Waals surface area contributed by atoms with Crippen LogP contribution in [0, 0.1) is 0 Å². The van der Waals surface area contributed by atoms with Gasteiger partial charge in [0.15, 0.2) is 0 Å². The molecule has 1 aromatic rings. The number of carbonyl (C=O) groups is 2. The Morgan fingerprint density at radius 1 is 1.26 bits per heavy atom. The number of carbonyl (C=O) groups excluding carboxylic acids is 2. The second-order valence-electron chi connectivity index (χ2n) is 7.32. The highest BCUT2D eigenvalue weighted by atomic mass is 16.5. The van der Waals surface area contributed by atoms with Gasteiger partial charge in [-0.05, 0) is 26.0 Å². The van der Waals surface area contributed by atoms with Crippen molar-refractivity contribution >= 4 is 17.5 Å². The number of methoxy groups -OCH3 is 1. The van der Waals surface area contributed by atoms with Gasteiger partial charge < -0.3 is 19.3 Å². The maximum Gasteiger partial charge on any atom is 0.246 e. The number of hydrogen-bond donors (Lipinski definition) is 0. The average Bonchev–Trinajstić information content (AvgIpc) is 2.68. The minimum atomic E-state index is -0.101. The third-order valence-corrected chi connectivity index (χ3v) is 5.25. The Bertz CT molecular complexity index is 679. The fourth-order valence-electron chi connectivity index (χ4n) is 3.65. The number of benzene rings is 1. The van der Waals surface area contributed by atoms with Crippen molar-refractivity contribution < 1.29 is 19.1 Å². The third-order valence-electron chi connectivity index (χ3n) is 5.25. The number of morpholine rings is 1. The van der Waals surface area contributed by atoms with Crippen LogP contribution in [-0.4, -0.2) is 80.2 Å². The van der Waals surface area contributed by atoms with E-state index in [1.807, 2.05) is 24.3 Å². The first-order valence-electron chi connectivity index (χ1n) is 9.56. The molecular weight excluding hydrogens is 346 g/mol. The van der Waals surface area contributed by atoms with E-state index in [1.165, 1.54) is 0 Å². The summed E-state index contributed by atoms with van der Waals surface area (Å²) >= 11 is 0. The second kappa shape index (κ2) is 8.71. The molecule has 2 saturated heterocycles. The molecule has 3 rings (SSSR count). The zero-order chi connectivity index (χ0) is 19.4. The van der Waals surface area contributed by atoms with Crippen molar-refractivity contribution in [3.63, 3.8) is 0 Å². The lowest BCUT2D eigenvalue weighted by atomic mass is 10.1. The van der Waals surface area contributed by atoms with Gasteiger partial charge in [-0.2, -0.15) is 0 Å². The van der Waals surface area contributed by atoms with E-state index in [0.717, 1.165) is 18.8 Å². The zero-order valence-electron chi connectivity index (χ0n) is 16.4. The molecule has 0 unspecified atom stereocenters. The molecule has 0 spiro atoms. The fourth-order valence-corrected chi connectivity index (χ4v) is 3.65. The Hall–Kier alpha value is -2.12. The molecule has 1 atom stereocenters. The first-order valence-corrected chi connectivity index (χ1v) is 9.56. The maximum atomic E-state index is 12.7. The van der Waals surface area contributed by atoms with E-state index in [4.69, 9.17) is 9.47 Å². The molecule has 0 saturated carbocycles. The van der Waals surface area contributed by atoms with Crippen molar-refractivity contribution in [3.8, 4) is 5.75 Å². The van der Waals surface area contributed by atoms with Gasteiger partial charge in [-0.15, -0.1) is 0 Å². The van der Waals surface area contributed by atoms with Crippen LogP contribution < -0.4 is 9.64 Å². The van der Waals surface area contributed by atoms with Gasteiger partial charge >= 0.3 is 0 Å². The van der Waals surface area contributed by atoms with Crippen molar-refractivity contribution in [1.82, 2.24) is 9.80 Å². The van der Waals surface area contributed by atoms with Crippen molar-refractivity contribution in [2.75, 3.05) is 51.3 Å². The summed E-state index contributed by atoms with van der Waals surface area (Å²) in [5.41, 5.74) is 0.750. The number of anilines is 1. The van der Waals surface area contributed by atoms with Gasteiger partial charge in [-0.3, -0.25) is 14.5 Å². The topological polar surface area (TPSA) is 62.3 Å². The number of piperazine rings is 1. The highest BCUT2D eigenvalue weighted by Gasteiger charge is 2.32. The lowest BCUT2D eigenvalue weighted by molar-refractivity contribution is -0.141. The predicted octanol–water partition coefficient (Wildman–Crippen LogP) is 1.37. The molecule has 0 N–H and O–H groups in total. The first-order chi connectivity index (χ1) is 13.0. The first kappa shape index (κ1) is 19.6. The highest BCUT2D eigenvalue weighted by molar-refractivity contribution is 5.99. The molecule has 0 bridgehead atoms. The van der Waals surface area contributed by atoms with E-state index >= 15 is 0 Å². The summed E-state index contributed by atoms with van der Waals surface area (Å²) in [6.07, 6.45) is 0.224. The molecule has 0 aromatic heterocycles. The summed E-state index contributed by atoms with van der Waals surface area (Å²) in [6.45, 7) is 7.70. The van der Waals surface area contributed by atoms with Crippen molar-refractivity contribution in [3.05, 3.63) is 24.3 Å². The van der Waals surface area contributed by atoms with Crippen LogP contribution >= 0.6 is 0 Å². The Balaban J connectivity index is 1.57. The van der Waals surface area contributed by atoms with Crippen LogP contribution in [0.25, 0.3) is 0 Å². The number of nitrogens with zero attached hydrogens (tertiary/aromatic N) is 3. The maximum absolute atomic E-state index is 12.7. The van der Waals surface area contributed by atoms with Gasteiger partial charge in [0.05, 0.1) is 31.9 Å². The van der Waals surface area contributed by atoms with Crippen molar-refractivity contribution in [2.45, 2.75) is 32.4 Å². The molecule has 2 amide bonds. The number of ether oxygens (including phenoxy) is 2. The van der Waals surface area contributed by atoms with Crippen LogP contribution in [0.1, 0.15) is 20.3 Å². The van der Waals surface area contributed by atoms with Crippen LogP contribution in [0.15, 0.2) is 24.3 Å². The quantitative estimate of drug-likeness (QED) is 0.778. The number of para-hydroxylation sites is 2. The molecule has 2 aliphatic rings. The molecule has 2 heterocycles. The van der Waals surface area contributed by atoms with Gasteiger partial charge in [0.25, 0.3) is 0 Å². The smallest absolute Gasteiger partial charge is 0.246 e. The Labute approximate surface area is 160 Å². The number of amides is 2. The largest absolute Gasteiger partial charge is 0.495 e. The molecule has 2 aliphatic heterocycles. The molecular formula is C20H29N3O4.